The summed E-state index contributed by atoms with van der Waals surface area (Å²) in [6.45, 7) is 0. The predicted octanol–water partition coefficient (Wildman–Crippen LogP) is 2.40. The Bertz CT molecular complexity index is 749. The van der Waals surface area contributed by atoms with Crippen molar-refractivity contribution in [2.45, 2.75) is 25.1 Å². The van der Waals surface area contributed by atoms with Crippen molar-refractivity contribution in [2.24, 2.45) is 0 Å². The number of nitrogens with zero attached hydrogens (tertiary/aromatic N) is 2. The van der Waals surface area contributed by atoms with Gasteiger partial charge in [-0.1, -0.05) is 12.1 Å². The summed E-state index contributed by atoms with van der Waals surface area (Å²) >= 11 is 0. The second kappa shape index (κ2) is 5.18. The molecule has 0 bridgehead atoms. The summed E-state index contributed by atoms with van der Waals surface area (Å²) in [6.07, 6.45) is -2.85. The van der Waals surface area contributed by atoms with Crippen LogP contribution >= 0.6 is 0 Å². The number of carbonyl (C=O) groups excluding carboxylic acids is 1. The van der Waals surface area contributed by atoms with Crippen molar-refractivity contribution in [3.63, 3.8) is 0 Å². The lowest BCUT2D eigenvalue weighted by Crippen LogP contribution is -2.27. The molecule has 1 aromatic carbocycles. The van der Waals surface area contributed by atoms with Gasteiger partial charge >= 0.3 is 6.18 Å². The Morgan fingerprint density at radius 1 is 1.26 bits per heavy atom. The van der Waals surface area contributed by atoms with Gasteiger partial charge in [-0.3, -0.25) is 4.79 Å². The van der Waals surface area contributed by atoms with Crippen LogP contribution in [0.15, 0.2) is 24.3 Å². The van der Waals surface area contributed by atoms with Gasteiger partial charge in [0, 0.05) is 11.6 Å². The summed E-state index contributed by atoms with van der Waals surface area (Å²) in [5, 5.41) is 22.3. The molecule has 0 atom stereocenters. The molecule has 0 aliphatic heterocycles. The van der Waals surface area contributed by atoms with E-state index in [-0.39, 0.29) is 17.4 Å². The van der Waals surface area contributed by atoms with Crippen LogP contribution in [0.5, 0.6) is 5.88 Å². The second-order valence-electron chi connectivity index (χ2n) is 5.24. The Kier molecular flexibility index (Phi) is 3.42. The molecule has 0 unspecified atom stereocenters. The first-order chi connectivity index (χ1) is 10.8. The van der Waals surface area contributed by atoms with E-state index in [4.69, 9.17) is 0 Å². The SMILES string of the molecule is O=C(NC1CC1)c1c(O)nc(-c2ccc(C(F)(F)F)cc2)n1O. The standard InChI is InChI=1S/C14H12F3N3O3/c15-14(16,17)8-3-1-7(2-4-8)11-19-13(22)10(20(11)23)12(21)18-9-5-6-9/h1-4,9,22-23H,5-6H2,(H,18,21). The van der Waals surface area contributed by atoms with Gasteiger partial charge in [-0.15, -0.1) is 0 Å². The van der Waals surface area contributed by atoms with Crippen molar-refractivity contribution >= 4 is 5.91 Å². The molecule has 9 heteroatoms. The Morgan fingerprint density at radius 3 is 2.39 bits per heavy atom. The Hall–Kier alpha value is -2.71. The summed E-state index contributed by atoms with van der Waals surface area (Å²) in [5.74, 6) is -1.61. The van der Waals surface area contributed by atoms with Crippen LogP contribution < -0.4 is 5.32 Å². The number of alkyl halides is 3. The molecule has 3 rings (SSSR count). The fraction of sp³-hybridized carbons (Fsp3) is 0.286. The van der Waals surface area contributed by atoms with Crippen LogP contribution in [-0.4, -0.2) is 32.0 Å². The maximum atomic E-state index is 12.5. The Morgan fingerprint density at radius 2 is 1.87 bits per heavy atom. The second-order valence-corrected chi connectivity index (χ2v) is 5.24. The van der Waals surface area contributed by atoms with Gasteiger partial charge in [-0.05, 0) is 25.0 Å². The quantitative estimate of drug-likeness (QED) is 0.756. The number of hydrogen-bond donors (Lipinski definition) is 3. The van der Waals surface area contributed by atoms with Gasteiger partial charge in [0.1, 0.15) is 0 Å². The zero-order valence-corrected chi connectivity index (χ0v) is 11.6. The molecule has 3 N–H and O–H groups in total. The first kappa shape index (κ1) is 15.2. The molecular formula is C14H12F3N3O3. The minimum Gasteiger partial charge on any atom is -0.492 e. The molecule has 1 fully saturated rings. The van der Waals surface area contributed by atoms with Gasteiger partial charge in [0.2, 0.25) is 11.6 Å². The Labute approximate surface area is 128 Å². The van der Waals surface area contributed by atoms with E-state index >= 15 is 0 Å². The molecule has 2 aromatic rings. The summed E-state index contributed by atoms with van der Waals surface area (Å²) in [5.41, 5.74) is -1.18. The lowest BCUT2D eigenvalue weighted by Gasteiger charge is -2.07. The highest BCUT2D eigenvalue weighted by Crippen LogP contribution is 2.32. The highest BCUT2D eigenvalue weighted by Gasteiger charge is 2.31. The van der Waals surface area contributed by atoms with E-state index in [9.17, 15) is 28.3 Å². The molecule has 1 saturated carbocycles. The maximum absolute atomic E-state index is 12.5. The van der Waals surface area contributed by atoms with Gasteiger partial charge in [-0.25, -0.2) is 0 Å². The average Bonchev–Trinajstić information content (AvgIpc) is 3.22. The number of imidazole rings is 1. The van der Waals surface area contributed by atoms with Gasteiger partial charge < -0.3 is 15.6 Å². The third-order valence-electron chi connectivity index (χ3n) is 3.43. The van der Waals surface area contributed by atoms with E-state index in [1.54, 1.807) is 0 Å². The highest BCUT2D eigenvalue weighted by molar-refractivity contribution is 5.95. The molecule has 6 nitrogen and oxygen atoms in total. The van der Waals surface area contributed by atoms with Crippen LogP contribution in [0, 0.1) is 0 Å². The minimum atomic E-state index is -4.48. The van der Waals surface area contributed by atoms with E-state index < -0.39 is 29.2 Å². The predicted molar refractivity (Wildman–Crippen MR) is 72.0 cm³/mol. The van der Waals surface area contributed by atoms with Crippen molar-refractivity contribution in [1.29, 1.82) is 0 Å². The molecule has 1 heterocycles. The average molecular weight is 327 g/mol. The van der Waals surface area contributed by atoms with Gasteiger partial charge in [0.15, 0.2) is 5.82 Å². The first-order valence-electron chi connectivity index (χ1n) is 6.77. The number of halogens is 3. The summed E-state index contributed by atoms with van der Waals surface area (Å²) in [7, 11) is 0. The molecule has 1 amide bonds. The molecule has 1 aliphatic carbocycles. The fourth-order valence-electron chi connectivity index (χ4n) is 2.08. The van der Waals surface area contributed by atoms with Crippen LogP contribution in [0.3, 0.4) is 0 Å². The van der Waals surface area contributed by atoms with Crippen LogP contribution in [0.2, 0.25) is 0 Å². The van der Waals surface area contributed by atoms with Crippen molar-refractivity contribution in [2.75, 3.05) is 0 Å². The molecule has 0 radical (unpaired) electrons. The zero-order valence-electron chi connectivity index (χ0n) is 11.6. The zero-order chi connectivity index (χ0) is 16.8. The van der Waals surface area contributed by atoms with Crippen molar-refractivity contribution in [3.8, 4) is 17.3 Å². The number of benzene rings is 1. The molecular weight excluding hydrogens is 315 g/mol. The molecule has 0 saturated heterocycles. The van der Waals surface area contributed by atoms with Crippen molar-refractivity contribution < 1.29 is 28.3 Å². The lowest BCUT2D eigenvalue weighted by atomic mass is 10.1. The van der Waals surface area contributed by atoms with E-state index in [1.807, 2.05) is 0 Å². The minimum absolute atomic E-state index is 0.00585. The molecule has 1 aliphatic rings. The number of rotatable bonds is 3. The van der Waals surface area contributed by atoms with Crippen LogP contribution in [0.1, 0.15) is 28.9 Å². The van der Waals surface area contributed by atoms with Crippen molar-refractivity contribution in [3.05, 3.63) is 35.5 Å². The molecule has 0 spiro atoms. The van der Waals surface area contributed by atoms with E-state index in [2.05, 4.69) is 10.3 Å². The van der Waals surface area contributed by atoms with E-state index in [0.29, 0.717) is 4.73 Å². The normalized spacial score (nSPS) is 14.7. The number of amides is 1. The van der Waals surface area contributed by atoms with Gasteiger partial charge in [-0.2, -0.15) is 22.9 Å². The Balaban J connectivity index is 1.92. The van der Waals surface area contributed by atoms with Crippen LogP contribution in [0.4, 0.5) is 13.2 Å². The first-order valence-corrected chi connectivity index (χ1v) is 6.77. The number of carbonyl (C=O) groups is 1. The van der Waals surface area contributed by atoms with E-state index in [0.717, 1.165) is 37.1 Å². The lowest BCUT2D eigenvalue weighted by molar-refractivity contribution is -0.137. The number of hydrogen-bond acceptors (Lipinski definition) is 4. The number of aromatic hydroxyl groups is 1. The molecule has 1 aromatic heterocycles. The molecule has 23 heavy (non-hydrogen) atoms. The maximum Gasteiger partial charge on any atom is 0.416 e. The van der Waals surface area contributed by atoms with Gasteiger partial charge in [0.25, 0.3) is 5.91 Å². The monoisotopic (exact) mass is 327 g/mol. The fourth-order valence-corrected chi connectivity index (χ4v) is 2.08. The summed E-state index contributed by atoms with van der Waals surface area (Å²) < 4.78 is 38.0. The third kappa shape index (κ3) is 2.94. The van der Waals surface area contributed by atoms with Crippen LogP contribution in [0.25, 0.3) is 11.4 Å². The topological polar surface area (TPSA) is 87.4 Å². The van der Waals surface area contributed by atoms with Crippen molar-refractivity contribution in [1.82, 2.24) is 15.0 Å². The number of nitrogens with one attached hydrogen (secondary N) is 1. The van der Waals surface area contributed by atoms with E-state index in [1.165, 1.54) is 0 Å². The number of aromatic nitrogens is 2. The largest absolute Gasteiger partial charge is 0.492 e. The third-order valence-corrected chi connectivity index (χ3v) is 3.43. The van der Waals surface area contributed by atoms with Crippen LogP contribution in [-0.2, 0) is 6.18 Å². The highest BCUT2D eigenvalue weighted by atomic mass is 19.4. The summed E-state index contributed by atoms with van der Waals surface area (Å²) in [6, 6.07) is 3.85. The smallest absolute Gasteiger partial charge is 0.416 e. The van der Waals surface area contributed by atoms with Gasteiger partial charge in [0.05, 0.1) is 5.56 Å². The molecule has 122 valence electrons. The summed E-state index contributed by atoms with van der Waals surface area (Å²) in [4.78, 5) is 15.6.